The predicted octanol–water partition coefficient (Wildman–Crippen LogP) is 3.91. The number of nitrogens with one attached hydrogen (secondary N) is 1. The Morgan fingerprint density at radius 1 is 1.21 bits per heavy atom. The fourth-order valence-corrected chi connectivity index (χ4v) is 2.91. The molecule has 0 unspecified atom stereocenters. The summed E-state index contributed by atoms with van der Waals surface area (Å²) in [6.45, 7) is 3.26. The lowest BCUT2D eigenvalue weighted by atomic mass is 9.81. The van der Waals surface area contributed by atoms with E-state index in [9.17, 15) is 13.2 Å². The molecule has 5 heteroatoms. The van der Waals surface area contributed by atoms with E-state index in [0.29, 0.717) is 5.41 Å². The molecule has 0 spiro atoms. The Kier molecular flexibility index (Phi) is 7.15. The molecule has 1 rings (SSSR count). The summed E-state index contributed by atoms with van der Waals surface area (Å²) in [5.74, 6) is 0. The molecule has 0 aromatic carbocycles. The summed E-state index contributed by atoms with van der Waals surface area (Å²) in [6.07, 6.45) is 3.50. The zero-order valence-electron chi connectivity index (χ0n) is 11.8. The van der Waals surface area contributed by atoms with Crippen LogP contribution in [-0.2, 0) is 4.74 Å². The first-order valence-corrected chi connectivity index (χ1v) is 7.33. The number of rotatable bonds is 9. The molecule has 1 aliphatic carbocycles. The van der Waals surface area contributed by atoms with Gasteiger partial charge in [0.2, 0.25) is 0 Å². The Bertz CT molecular complexity index is 237. The van der Waals surface area contributed by atoms with Gasteiger partial charge in [-0.25, -0.2) is 0 Å². The van der Waals surface area contributed by atoms with Gasteiger partial charge in [0.25, 0.3) is 0 Å². The highest BCUT2D eigenvalue weighted by molar-refractivity contribution is 4.86. The summed E-state index contributed by atoms with van der Waals surface area (Å²) in [4.78, 5) is 0. The minimum atomic E-state index is -4.20. The molecule has 0 heterocycles. The van der Waals surface area contributed by atoms with Crippen molar-refractivity contribution in [1.29, 1.82) is 0 Å². The van der Waals surface area contributed by atoms with E-state index in [4.69, 9.17) is 0 Å². The standard InChI is InChI=1S/C14H26F3NO/c1-2-9-18-11-13(6-3-4-7-13)8-5-10-19-12-14(15,16)17/h18H,2-12H2,1H3. The monoisotopic (exact) mass is 281 g/mol. The zero-order chi connectivity index (χ0) is 14.2. The van der Waals surface area contributed by atoms with Gasteiger partial charge in [-0.05, 0) is 44.1 Å². The molecular weight excluding hydrogens is 255 g/mol. The Morgan fingerprint density at radius 2 is 1.89 bits per heavy atom. The average molecular weight is 281 g/mol. The second-order valence-electron chi connectivity index (χ2n) is 5.66. The van der Waals surface area contributed by atoms with E-state index in [1.54, 1.807) is 0 Å². The molecule has 1 aliphatic rings. The van der Waals surface area contributed by atoms with E-state index in [1.165, 1.54) is 25.7 Å². The maximum atomic E-state index is 11.9. The van der Waals surface area contributed by atoms with Gasteiger partial charge in [-0.3, -0.25) is 0 Å². The molecule has 1 N–H and O–H groups in total. The molecule has 2 nitrogen and oxygen atoms in total. The van der Waals surface area contributed by atoms with E-state index in [0.717, 1.165) is 32.4 Å². The fourth-order valence-electron chi connectivity index (χ4n) is 2.91. The Balaban J connectivity index is 2.19. The molecule has 0 atom stereocenters. The normalized spacial score (nSPS) is 18.9. The quantitative estimate of drug-likeness (QED) is 0.647. The molecule has 0 aliphatic heterocycles. The molecule has 0 radical (unpaired) electrons. The van der Waals surface area contributed by atoms with Gasteiger partial charge in [-0.15, -0.1) is 0 Å². The van der Waals surface area contributed by atoms with Crippen LogP contribution in [0.15, 0.2) is 0 Å². The van der Waals surface area contributed by atoms with E-state index >= 15 is 0 Å². The molecule has 19 heavy (non-hydrogen) atoms. The van der Waals surface area contributed by atoms with E-state index in [2.05, 4.69) is 17.0 Å². The van der Waals surface area contributed by atoms with Crippen LogP contribution >= 0.6 is 0 Å². The summed E-state index contributed by atoms with van der Waals surface area (Å²) in [7, 11) is 0. The highest BCUT2D eigenvalue weighted by atomic mass is 19.4. The Hall–Kier alpha value is -0.290. The van der Waals surface area contributed by atoms with Crippen molar-refractivity contribution >= 4 is 0 Å². The molecule has 114 valence electrons. The number of hydrogen-bond acceptors (Lipinski definition) is 2. The van der Waals surface area contributed by atoms with Crippen molar-refractivity contribution in [3.8, 4) is 0 Å². The maximum Gasteiger partial charge on any atom is 0.411 e. The third-order valence-electron chi connectivity index (χ3n) is 3.85. The smallest absolute Gasteiger partial charge is 0.372 e. The third kappa shape index (κ3) is 7.16. The fraction of sp³-hybridized carbons (Fsp3) is 1.00. The van der Waals surface area contributed by atoms with Gasteiger partial charge in [0.05, 0.1) is 0 Å². The zero-order valence-corrected chi connectivity index (χ0v) is 11.8. The molecular formula is C14H26F3NO. The van der Waals surface area contributed by atoms with Gasteiger partial charge in [-0.2, -0.15) is 13.2 Å². The first kappa shape index (κ1) is 16.8. The maximum absolute atomic E-state index is 11.9. The van der Waals surface area contributed by atoms with Crippen molar-refractivity contribution in [1.82, 2.24) is 5.32 Å². The first-order chi connectivity index (χ1) is 8.97. The Morgan fingerprint density at radius 3 is 2.47 bits per heavy atom. The van der Waals surface area contributed by atoms with E-state index in [1.807, 2.05) is 0 Å². The van der Waals surface area contributed by atoms with Crippen LogP contribution < -0.4 is 5.32 Å². The molecule has 1 saturated carbocycles. The van der Waals surface area contributed by atoms with Crippen LogP contribution in [0.3, 0.4) is 0 Å². The van der Waals surface area contributed by atoms with Crippen LogP contribution in [-0.4, -0.2) is 32.5 Å². The number of alkyl halides is 3. The van der Waals surface area contributed by atoms with Crippen molar-refractivity contribution in [3.63, 3.8) is 0 Å². The Labute approximate surface area is 114 Å². The topological polar surface area (TPSA) is 21.3 Å². The predicted molar refractivity (Wildman–Crippen MR) is 70.2 cm³/mol. The van der Waals surface area contributed by atoms with Crippen molar-refractivity contribution in [2.75, 3.05) is 26.3 Å². The number of ether oxygens (including phenoxy) is 1. The summed E-state index contributed by atoms with van der Waals surface area (Å²) in [5, 5.41) is 3.46. The van der Waals surface area contributed by atoms with Crippen molar-refractivity contribution in [3.05, 3.63) is 0 Å². The van der Waals surface area contributed by atoms with Crippen molar-refractivity contribution in [2.45, 2.75) is 58.0 Å². The van der Waals surface area contributed by atoms with Gasteiger partial charge >= 0.3 is 6.18 Å². The van der Waals surface area contributed by atoms with Gasteiger partial charge in [0, 0.05) is 13.2 Å². The van der Waals surface area contributed by atoms with E-state index < -0.39 is 12.8 Å². The van der Waals surface area contributed by atoms with Gasteiger partial charge in [0.1, 0.15) is 6.61 Å². The summed E-state index contributed by atoms with van der Waals surface area (Å²) in [5.41, 5.74) is 0.302. The lowest BCUT2D eigenvalue weighted by molar-refractivity contribution is -0.174. The van der Waals surface area contributed by atoms with Crippen molar-refractivity contribution in [2.24, 2.45) is 5.41 Å². The van der Waals surface area contributed by atoms with Crippen LogP contribution in [0.25, 0.3) is 0 Å². The number of halogens is 3. The van der Waals surface area contributed by atoms with Crippen LogP contribution in [0.5, 0.6) is 0 Å². The highest BCUT2D eigenvalue weighted by Gasteiger charge is 2.33. The van der Waals surface area contributed by atoms with E-state index in [-0.39, 0.29) is 6.61 Å². The number of hydrogen-bond donors (Lipinski definition) is 1. The SMILES string of the molecule is CCCNCC1(CCCOCC(F)(F)F)CCCC1. The minimum Gasteiger partial charge on any atom is -0.372 e. The molecule has 0 saturated heterocycles. The van der Waals surface area contributed by atoms with Gasteiger partial charge < -0.3 is 10.1 Å². The lowest BCUT2D eigenvalue weighted by Gasteiger charge is -2.29. The molecule has 0 aromatic heterocycles. The minimum absolute atomic E-state index is 0.217. The highest BCUT2D eigenvalue weighted by Crippen LogP contribution is 2.41. The molecule has 0 aromatic rings. The second-order valence-corrected chi connectivity index (χ2v) is 5.66. The van der Waals surface area contributed by atoms with Crippen LogP contribution in [0, 0.1) is 5.41 Å². The van der Waals surface area contributed by atoms with Crippen molar-refractivity contribution < 1.29 is 17.9 Å². The van der Waals surface area contributed by atoms with Gasteiger partial charge in [-0.1, -0.05) is 19.8 Å². The third-order valence-corrected chi connectivity index (χ3v) is 3.85. The van der Waals surface area contributed by atoms with Crippen LogP contribution in [0.1, 0.15) is 51.9 Å². The summed E-state index contributed by atoms with van der Waals surface area (Å²) < 4.78 is 40.5. The lowest BCUT2D eigenvalue weighted by Crippen LogP contribution is -2.33. The summed E-state index contributed by atoms with van der Waals surface area (Å²) in [6, 6.07) is 0. The first-order valence-electron chi connectivity index (χ1n) is 7.33. The second kappa shape index (κ2) is 8.10. The molecule has 0 amide bonds. The molecule has 0 bridgehead atoms. The van der Waals surface area contributed by atoms with Gasteiger partial charge in [0.15, 0.2) is 0 Å². The van der Waals surface area contributed by atoms with Crippen LogP contribution in [0.4, 0.5) is 13.2 Å². The molecule has 1 fully saturated rings. The summed E-state index contributed by atoms with van der Waals surface area (Å²) >= 11 is 0. The van der Waals surface area contributed by atoms with Crippen LogP contribution in [0.2, 0.25) is 0 Å². The average Bonchev–Trinajstić information content (AvgIpc) is 2.77. The largest absolute Gasteiger partial charge is 0.411 e.